The number of anilines is 1. The van der Waals surface area contributed by atoms with Gasteiger partial charge < -0.3 is 23.6 Å². The van der Waals surface area contributed by atoms with Crippen molar-refractivity contribution in [2.45, 2.75) is 52.2 Å². The smallest absolute Gasteiger partial charge is 0.427 e. The number of likely N-dealkylation sites (tertiary alicyclic amines) is 1. The number of nitrogens with zero attached hydrogens (tertiary/aromatic N) is 7. The maximum Gasteiger partial charge on any atom is 0.528 e. The molecule has 3 aliphatic heterocycles. The van der Waals surface area contributed by atoms with Crippen molar-refractivity contribution < 1.29 is 19.1 Å². The predicted octanol–water partition coefficient (Wildman–Crippen LogP) is 4.26. The van der Waals surface area contributed by atoms with Gasteiger partial charge in [0.2, 0.25) is 0 Å². The summed E-state index contributed by atoms with van der Waals surface area (Å²) >= 11 is 0. The highest BCUT2D eigenvalue weighted by Gasteiger charge is 2.42. The van der Waals surface area contributed by atoms with Gasteiger partial charge in [-0.15, -0.1) is 5.06 Å². The van der Waals surface area contributed by atoms with Crippen molar-refractivity contribution in [3.8, 4) is 11.3 Å². The minimum absolute atomic E-state index is 0.174. The summed E-state index contributed by atoms with van der Waals surface area (Å²) in [6.45, 7) is 12.7. The van der Waals surface area contributed by atoms with Crippen molar-refractivity contribution in [2.75, 3.05) is 57.4 Å². The molecule has 43 heavy (non-hydrogen) atoms. The van der Waals surface area contributed by atoms with Crippen LogP contribution in [-0.4, -0.2) is 98.8 Å². The van der Waals surface area contributed by atoms with Gasteiger partial charge in [-0.1, -0.05) is 12.1 Å². The van der Waals surface area contributed by atoms with E-state index in [1.807, 2.05) is 39.1 Å². The number of aromatic nitrogens is 5. The molecule has 0 amide bonds. The van der Waals surface area contributed by atoms with Crippen LogP contribution in [0.2, 0.25) is 0 Å². The molecule has 1 spiro atoms. The van der Waals surface area contributed by atoms with E-state index in [4.69, 9.17) is 24.3 Å². The summed E-state index contributed by atoms with van der Waals surface area (Å²) < 4.78 is 13.1. The highest BCUT2D eigenvalue weighted by Crippen LogP contribution is 2.41. The average Bonchev–Trinajstić information content (AvgIpc) is 3.72. The Bertz CT molecular complexity index is 1610. The number of H-pyrrole nitrogens is 1. The number of morpholine rings is 1. The number of carbonyl (C=O) groups excluding carboxylic acids is 1. The van der Waals surface area contributed by atoms with Crippen molar-refractivity contribution in [3.63, 3.8) is 0 Å². The standard InChI is InChI=1S/C31H40N8O4/c1-30(2,3)42-29(40)43-39-12-9-31(21-39)7-10-36(11-8-31)18-22-19-38-20-26(23-5-4-6-25-24(23)17-32-35-25)34-28(27(38)33-22)37-13-15-41-16-14-37/h4-6,17,19-20H,7-16,18,21H2,1-3H3,(H,32,35). The number of fused-ring (bicyclic) bond motifs is 2. The lowest BCUT2D eigenvalue weighted by Gasteiger charge is -2.38. The van der Waals surface area contributed by atoms with Gasteiger partial charge in [-0.05, 0) is 64.6 Å². The normalized spacial score (nSPS) is 19.9. The third kappa shape index (κ3) is 5.91. The third-order valence-electron chi connectivity index (χ3n) is 8.84. The minimum Gasteiger partial charge on any atom is -0.427 e. The zero-order valence-corrected chi connectivity index (χ0v) is 25.2. The summed E-state index contributed by atoms with van der Waals surface area (Å²) in [5.41, 5.74) is 4.44. The zero-order chi connectivity index (χ0) is 29.6. The van der Waals surface area contributed by atoms with E-state index in [0.29, 0.717) is 13.2 Å². The molecule has 3 saturated heterocycles. The number of piperidine rings is 1. The fourth-order valence-corrected chi connectivity index (χ4v) is 6.59. The summed E-state index contributed by atoms with van der Waals surface area (Å²) in [4.78, 5) is 32.7. The third-order valence-corrected chi connectivity index (χ3v) is 8.84. The van der Waals surface area contributed by atoms with Crippen LogP contribution in [0.4, 0.5) is 10.6 Å². The summed E-state index contributed by atoms with van der Waals surface area (Å²) in [7, 11) is 0. The van der Waals surface area contributed by atoms with E-state index in [-0.39, 0.29) is 5.41 Å². The van der Waals surface area contributed by atoms with E-state index >= 15 is 0 Å². The number of benzene rings is 1. The van der Waals surface area contributed by atoms with Crippen LogP contribution in [0.3, 0.4) is 0 Å². The lowest BCUT2D eigenvalue weighted by atomic mass is 9.78. The molecule has 1 N–H and O–H groups in total. The lowest BCUT2D eigenvalue weighted by Crippen LogP contribution is -2.41. The van der Waals surface area contributed by atoms with E-state index in [1.54, 1.807) is 5.06 Å². The van der Waals surface area contributed by atoms with Crippen molar-refractivity contribution in [1.82, 2.24) is 34.5 Å². The number of ether oxygens (including phenoxy) is 2. The number of nitrogens with one attached hydrogen (secondary N) is 1. The molecule has 4 aromatic rings. The SMILES string of the molecule is CC(C)(C)OC(=O)ON1CCC2(CCN(Cc3cn4cc(-c5cccc6[nH]ncc56)nc(N5CCOCC5)c4n3)CC2)C1. The van der Waals surface area contributed by atoms with Crippen LogP contribution in [0.5, 0.6) is 0 Å². The lowest BCUT2D eigenvalue weighted by molar-refractivity contribution is -0.136. The van der Waals surface area contributed by atoms with Gasteiger partial charge in [-0.3, -0.25) is 10.00 Å². The Labute approximate surface area is 250 Å². The van der Waals surface area contributed by atoms with E-state index in [2.05, 4.69) is 42.9 Å². The summed E-state index contributed by atoms with van der Waals surface area (Å²) in [5.74, 6) is 0.890. The molecule has 1 aromatic carbocycles. The van der Waals surface area contributed by atoms with Gasteiger partial charge in [0, 0.05) is 56.1 Å². The Hall–Kier alpha value is -3.74. The van der Waals surface area contributed by atoms with Crippen LogP contribution in [0.1, 0.15) is 45.7 Å². The number of hydroxylamine groups is 2. The first-order chi connectivity index (χ1) is 20.7. The Balaban J connectivity index is 1.07. The Morgan fingerprint density at radius 2 is 1.84 bits per heavy atom. The second-order valence-corrected chi connectivity index (χ2v) is 13.1. The number of rotatable bonds is 5. The van der Waals surface area contributed by atoms with Crippen LogP contribution >= 0.6 is 0 Å². The van der Waals surface area contributed by atoms with Gasteiger partial charge in [0.1, 0.15) is 5.60 Å². The molecule has 3 fully saturated rings. The van der Waals surface area contributed by atoms with Gasteiger partial charge in [0.15, 0.2) is 11.5 Å². The van der Waals surface area contributed by atoms with Gasteiger partial charge in [-0.2, -0.15) is 5.10 Å². The Morgan fingerprint density at radius 3 is 2.63 bits per heavy atom. The second-order valence-electron chi connectivity index (χ2n) is 13.1. The summed E-state index contributed by atoms with van der Waals surface area (Å²) in [6, 6.07) is 6.16. The minimum atomic E-state index is -0.621. The molecule has 228 valence electrons. The number of aromatic amines is 1. The quantitative estimate of drug-likeness (QED) is 0.339. The number of imidazole rings is 1. The molecular weight excluding hydrogens is 548 g/mol. The van der Waals surface area contributed by atoms with Crippen molar-refractivity contribution in [1.29, 1.82) is 0 Å². The first-order valence-corrected chi connectivity index (χ1v) is 15.3. The molecule has 12 nitrogen and oxygen atoms in total. The highest BCUT2D eigenvalue weighted by atomic mass is 16.8. The van der Waals surface area contributed by atoms with Crippen LogP contribution in [0.15, 0.2) is 36.8 Å². The number of hydrogen-bond acceptors (Lipinski definition) is 10. The maximum absolute atomic E-state index is 12.2. The van der Waals surface area contributed by atoms with Crippen molar-refractivity contribution >= 4 is 28.5 Å². The van der Waals surface area contributed by atoms with E-state index in [1.165, 1.54) is 0 Å². The maximum atomic E-state index is 12.2. The molecule has 6 heterocycles. The van der Waals surface area contributed by atoms with E-state index in [9.17, 15) is 4.79 Å². The van der Waals surface area contributed by atoms with Crippen LogP contribution in [0, 0.1) is 5.41 Å². The molecule has 0 bridgehead atoms. The molecule has 12 heteroatoms. The fraction of sp³-hybridized carbons (Fsp3) is 0.548. The van der Waals surface area contributed by atoms with Crippen molar-refractivity contribution in [2.24, 2.45) is 5.41 Å². The van der Waals surface area contributed by atoms with Crippen LogP contribution in [0.25, 0.3) is 27.8 Å². The Morgan fingerprint density at radius 1 is 1.05 bits per heavy atom. The summed E-state index contributed by atoms with van der Waals surface area (Å²) in [5, 5.41) is 10.2. The molecule has 7 rings (SSSR count). The fourth-order valence-electron chi connectivity index (χ4n) is 6.59. The van der Waals surface area contributed by atoms with E-state index in [0.717, 1.165) is 104 Å². The van der Waals surface area contributed by atoms with Crippen LogP contribution < -0.4 is 4.90 Å². The molecule has 0 saturated carbocycles. The first-order valence-electron chi connectivity index (χ1n) is 15.3. The molecule has 0 unspecified atom stereocenters. The summed E-state index contributed by atoms with van der Waals surface area (Å²) in [6.07, 6.45) is 8.63. The Kier molecular flexibility index (Phi) is 7.22. The van der Waals surface area contributed by atoms with Gasteiger partial charge in [0.25, 0.3) is 0 Å². The van der Waals surface area contributed by atoms with Gasteiger partial charge >= 0.3 is 6.16 Å². The zero-order valence-electron chi connectivity index (χ0n) is 25.2. The second kappa shape index (κ2) is 11.1. The predicted molar refractivity (Wildman–Crippen MR) is 162 cm³/mol. The van der Waals surface area contributed by atoms with E-state index < -0.39 is 11.8 Å². The average molecular weight is 589 g/mol. The molecular formula is C31H40N8O4. The van der Waals surface area contributed by atoms with Gasteiger partial charge in [-0.25, -0.2) is 14.8 Å². The molecule has 0 aliphatic carbocycles. The number of carbonyl (C=O) groups is 1. The van der Waals surface area contributed by atoms with Crippen LogP contribution in [-0.2, 0) is 20.9 Å². The molecule has 0 atom stereocenters. The molecule has 0 radical (unpaired) electrons. The first kappa shape index (κ1) is 28.1. The number of hydrogen-bond donors (Lipinski definition) is 1. The largest absolute Gasteiger partial charge is 0.528 e. The van der Waals surface area contributed by atoms with Gasteiger partial charge in [0.05, 0.1) is 36.3 Å². The highest BCUT2D eigenvalue weighted by molar-refractivity contribution is 5.93. The monoisotopic (exact) mass is 588 g/mol. The topological polar surface area (TPSA) is 113 Å². The molecule has 3 aromatic heterocycles. The van der Waals surface area contributed by atoms with Crippen molar-refractivity contribution in [3.05, 3.63) is 42.5 Å². The molecule has 3 aliphatic rings.